The Hall–Kier alpha value is -0.705. The number of hydrogen-bond acceptors (Lipinski definition) is 3. The molecule has 0 aromatic rings. The standard InChI is InChI=1S/C7H11BFNO2/c9-3-7(12)6-1-2-10(4-6)8-5-11/h5-6,8H,1-4H2. The van der Waals surface area contributed by atoms with Crippen molar-refractivity contribution in [3.05, 3.63) is 0 Å². The molecule has 0 amide bonds. The van der Waals surface area contributed by atoms with E-state index in [4.69, 9.17) is 0 Å². The normalized spacial score (nSPS) is 23.9. The lowest BCUT2D eigenvalue weighted by Crippen LogP contribution is -2.28. The maximum Gasteiger partial charge on any atom is 0.281 e. The van der Waals surface area contributed by atoms with Crippen molar-refractivity contribution in [1.29, 1.82) is 0 Å². The van der Waals surface area contributed by atoms with Crippen molar-refractivity contribution in [1.82, 2.24) is 4.81 Å². The van der Waals surface area contributed by atoms with Gasteiger partial charge in [-0.3, -0.25) is 4.79 Å². The molecule has 0 radical (unpaired) electrons. The first-order valence-electron chi connectivity index (χ1n) is 4.02. The summed E-state index contributed by atoms with van der Waals surface area (Å²) in [6.45, 7) is 0.399. The SMILES string of the molecule is O=CBN1CCC(C(=O)CF)C1. The van der Waals surface area contributed by atoms with Crippen molar-refractivity contribution in [2.24, 2.45) is 5.92 Å². The molecule has 1 rings (SSSR count). The van der Waals surface area contributed by atoms with Crippen molar-refractivity contribution in [3.8, 4) is 0 Å². The van der Waals surface area contributed by atoms with Crippen molar-refractivity contribution < 1.29 is 14.0 Å². The predicted octanol–water partition coefficient (Wildman–Crippen LogP) is -0.611. The Kier molecular flexibility index (Phi) is 3.40. The highest BCUT2D eigenvalue weighted by atomic mass is 19.1. The molecule has 12 heavy (non-hydrogen) atoms. The molecule has 1 aliphatic rings. The summed E-state index contributed by atoms with van der Waals surface area (Å²) in [5.74, 6) is -0.515. The van der Waals surface area contributed by atoms with Crippen LogP contribution in [0.1, 0.15) is 6.42 Å². The molecule has 1 fully saturated rings. The van der Waals surface area contributed by atoms with Gasteiger partial charge in [-0.2, -0.15) is 0 Å². The third-order valence-electron chi connectivity index (χ3n) is 2.19. The number of Topliss-reactive ketones (excluding diaryl/α,β-unsaturated/α-hetero) is 1. The Bertz CT molecular complexity index is 188. The first kappa shape index (κ1) is 9.38. The number of hydrogen-bond donors (Lipinski definition) is 0. The molecule has 3 nitrogen and oxygen atoms in total. The maximum atomic E-state index is 11.9. The van der Waals surface area contributed by atoms with Gasteiger partial charge in [-0.15, -0.1) is 0 Å². The second-order valence-electron chi connectivity index (χ2n) is 3.01. The highest BCUT2D eigenvalue weighted by molar-refractivity contribution is 6.64. The van der Waals surface area contributed by atoms with Gasteiger partial charge in [-0.1, -0.05) is 0 Å². The number of rotatable bonds is 4. The summed E-state index contributed by atoms with van der Waals surface area (Å²) >= 11 is 0. The van der Waals surface area contributed by atoms with E-state index in [2.05, 4.69) is 0 Å². The van der Waals surface area contributed by atoms with Crippen LogP contribution in [-0.2, 0) is 9.59 Å². The fourth-order valence-electron chi connectivity index (χ4n) is 1.48. The zero-order valence-corrected chi connectivity index (χ0v) is 6.83. The third kappa shape index (κ3) is 2.14. The van der Waals surface area contributed by atoms with E-state index in [1.54, 1.807) is 0 Å². The molecule has 0 aromatic heterocycles. The van der Waals surface area contributed by atoms with Crippen LogP contribution in [0.4, 0.5) is 4.39 Å². The van der Waals surface area contributed by atoms with Gasteiger partial charge in [0.1, 0.15) is 6.67 Å². The maximum absolute atomic E-state index is 11.9. The smallest absolute Gasteiger partial charge is 0.281 e. The van der Waals surface area contributed by atoms with E-state index in [1.807, 2.05) is 4.81 Å². The molecule has 1 atom stereocenters. The van der Waals surface area contributed by atoms with Crippen molar-refractivity contribution >= 4 is 19.4 Å². The summed E-state index contributed by atoms with van der Waals surface area (Å²) in [5.41, 5.74) is 0. The first-order valence-corrected chi connectivity index (χ1v) is 4.02. The Morgan fingerprint density at radius 2 is 2.50 bits per heavy atom. The predicted molar refractivity (Wildman–Crippen MR) is 44.6 cm³/mol. The summed E-state index contributed by atoms with van der Waals surface area (Å²) in [5, 5.41) is 0. The Balaban J connectivity index is 2.34. The Labute approximate surface area is 71.2 Å². The number of nitrogens with zero attached hydrogens (tertiary/aromatic N) is 1. The van der Waals surface area contributed by atoms with E-state index < -0.39 is 6.67 Å². The van der Waals surface area contributed by atoms with E-state index in [1.165, 1.54) is 0 Å². The van der Waals surface area contributed by atoms with Gasteiger partial charge < -0.3 is 9.61 Å². The molecule has 66 valence electrons. The zero-order chi connectivity index (χ0) is 8.97. The molecule has 1 heterocycles. The van der Waals surface area contributed by atoms with E-state index in [9.17, 15) is 14.0 Å². The van der Waals surface area contributed by atoms with Crippen molar-refractivity contribution in [2.45, 2.75) is 6.42 Å². The van der Waals surface area contributed by atoms with E-state index in [0.29, 0.717) is 20.4 Å². The van der Waals surface area contributed by atoms with Gasteiger partial charge in [0.05, 0.1) is 6.19 Å². The number of alkyl halides is 1. The average Bonchev–Trinajstić information content (AvgIpc) is 2.52. The number of ketones is 1. The molecule has 0 bridgehead atoms. The lowest BCUT2D eigenvalue weighted by Gasteiger charge is -2.09. The lowest BCUT2D eigenvalue weighted by molar-refractivity contribution is -0.123. The van der Waals surface area contributed by atoms with Crippen LogP contribution in [0, 0.1) is 5.92 Å². The molecule has 1 unspecified atom stereocenters. The van der Waals surface area contributed by atoms with Crippen LogP contribution in [0.3, 0.4) is 0 Å². The minimum absolute atomic E-state index is 0.185. The Morgan fingerprint density at radius 1 is 1.75 bits per heavy atom. The van der Waals surface area contributed by atoms with Crippen LogP contribution in [0.15, 0.2) is 0 Å². The highest BCUT2D eigenvalue weighted by Crippen LogP contribution is 2.15. The van der Waals surface area contributed by atoms with Crippen LogP contribution in [0.25, 0.3) is 0 Å². The van der Waals surface area contributed by atoms with Crippen molar-refractivity contribution in [3.63, 3.8) is 0 Å². The minimum atomic E-state index is -0.875. The third-order valence-corrected chi connectivity index (χ3v) is 2.19. The largest absolute Gasteiger partial charge is 0.338 e. The van der Waals surface area contributed by atoms with Gasteiger partial charge >= 0.3 is 0 Å². The van der Waals surface area contributed by atoms with Crippen LogP contribution >= 0.6 is 0 Å². The van der Waals surface area contributed by atoms with Crippen molar-refractivity contribution in [2.75, 3.05) is 19.8 Å². The molecule has 0 aliphatic carbocycles. The quantitative estimate of drug-likeness (QED) is 0.418. The molecular formula is C7H11BFNO2. The number of carbonyl (C=O) groups is 2. The second-order valence-corrected chi connectivity index (χ2v) is 3.01. The van der Waals surface area contributed by atoms with Crippen LogP contribution in [0.5, 0.6) is 0 Å². The van der Waals surface area contributed by atoms with Gasteiger partial charge in [0, 0.05) is 5.92 Å². The van der Waals surface area contributed by atoms with Crippen LogP contribution < -0.4 is 0 Å². The highest BCUT2D eigenvalue weighted by Gasteiger charge is 2.27. The van der Waals surface area contributed by atoms with E-state index >= 15 is 0 Å². The summed E-state index contributed by atoms with van der Waals surface area (Å²) in [6.07, 6.45) is 1.50. The molecule has 0 saturated carbocycles. The van der Waals surface area contributed by atoms with Gasteiger partial charge in [0.15, 0.2) is 5.78 Å². The van der Waals surface area contributed by atoms with Gasteiger partial charge in [-0.05, 0) is 19.5 Å². The summed E-state index contributed by atoms with van der Waals surface area (Å²) in [6, 6.07) is 0. The summed E-state index contributed by atoms with van der Waals surface area (Å²) in [4.78, 5) is 22.8. The van der Waals surface area contributed by atoms with Gasteiger partial charge in [0.25, 0.3) is 7.41 Å². The molecule has 1 saturated heterocycles. The summed E-state index contributed by atoms with van der Waals surface area (Å²) < 4.78 is 11.9. The van der Waals surface area contributed by atoms with E-state index in [-0.39, 0.29) is 11.7 Å². The number of carbonyl (C=O) groups excluding carboxylic acids is 2. The zero-order valence-electron chi connectivity index (χ0n) is 6.83. The molecule has 5 heteroatoms. The van der Waals surface area contributed by atoms with Crippen LogP contribution in [0.2, 0.25) is 0 Å². The van der Waals surface area contributed by atoms with E-state index in [0.717, 1.165) is 12.7 Å². The number of halogens is 1. The molecule has 0 N–H and O–H groups in total. The molecule has 1 aliphatic heterocycles. The average molecular weight is 171 g/mol. The second kappa shape index (κ2) is 4.35. The van der Waals surface area contributed by atoms with Gasteiger partial charge in [-0.25, -0.2) is 4.39 Å². The molecule has 0 aromatic carbocycles. The monoisotopic (exact) mass is 171 g/mol. The topological polar surface area (TPSA) is 37.4 Å². The fraction of sp³-hybridized carbons (Fsp3) is 0.714. The van der Waals surface area contributed by atoms with Crippen LogP contribution in [-0.4, -0.2) is 44.0 Å². The molecule has 0 spiro atoms. The Morgan fingerprint density at radius 3 is 3.08 bits per heavy atom. The lowest BCUT2D eigenvalue weighted by atomic mass is 9.95. The minimum Gasteiger partial charge on any atom is -0.338 e. The molecular weight excluding hydrogens is 160 g/mol. The van der Waals surface area contributed by atoms with Gasteiger partial charge in [0.2, 0.25) is 0 Å². The first-order chi connectivity index (χ1) is 5.77. The summed E-state index contributed by atoms with van der Waals surface area (Å²) in [7, 11) is 0.357. The fourth-order valence-corrected chi connectivity index (χ4v) is 1.48.